The first-order chi connectivity index (χ1) is 18.8. The highest BCUT2D eigenvalue weighted by Gasteiger charge is 2.23. The van der Waals surface area contributed by atoms with Gasteiger partial charge in [-0.2, -0.15) is 0 Å². The zero-order valence-electron chi connectivity index (χ0n) is 22.8. The van der Waals surface area contributed by atoms with Crippen molar-refractivity contribution in [1.29, 1.82) is 0 Å². The molecule has 0 bridgehead atoms. The van der Waals surface area contributed by atoms with Crippen LogP contribution in [0.5, 0.6) is 5.75 Å². The van der Waals surface area contributed by atoms with Gasteiger partial charge in [-0.05, 0) is 54.3 Å². The third kappa shape index (κ3) is 5.84. The predicted octanol–water partition coefficient (Wildman–Crippen LogP) is 3.24. The molecule has 3 N–H and O–H groups in total. The van der Waals surface area contributed by atoms with E-state index in [0.717, 1.165) is 24.0 Å². The van der Waals surface area contributed by atoms with Crippen LogP contribution in [0, 0.1) is 0 Å². The second kappa shape index (κ2) is 11.9. The van der Waals surface area contributed by atoms with Crippen molar-refractivity contribution in [2.24, 2.45) is 10.7 Å². The summed E-state index contributed by atoms with van der Waals surface area (Å²) >= 11 is 0. The summed E-state index contributed by atoms with van der Waals surface area (Å²) in [5.41, 5.74) is 9.94. The number of carbonyl (C=O) groups is 2. The van der Waals surface area contributed by atoms with Gasteiger partial charge >= 0.3 is 0 Å². The molecule has 0 fully saturated rings. The van der Waals surface area contributed by atoms with Gasteiger partial charge in [0, 0.05) is 37.7 Å². The van der Waals surface area contributed by atoms with E-state index in [9.17, 15) is 14.4 Å². The first kappa shape index (κ1) is 27.6. The molecule has 0 radical (unpaired) electrons. The average molecular weight is 531 g/mol. The van der Waals surface area contributed by atoms with E-state index in [1.54, 1.807) is 13.2 Å². The number of likely N-dealkylation sites (N-methyl/N-ethyl adjacent to an activating group) is 1. The molecule has 10 heteroatoms. The Hall–Kier alpha value is -4.47. The number of carbonyl (C=O) groups excluding carboxylic acids is 2. The predicted molar refractivity (Wildman–Crippen MR) is 153 cm³/mol. The highest BCUT2D eigenvalue weighted by atomic mass is 16.5. The van der Waals surface area contributed by atoms with Gasteiger partial charge in [0.05, 0.1) is 30.0 Å². The molecule has 0 saturated carbocycles. The Kier molecular flexibility index (Phi) is 8.43. The highest BCUT2D eigenvalue weighted by Crippen LogP contribution is 2.39. The molecular formula is C29H34N6O4. The highest BCUT2D eigenvalue weighted by molar-refractivity contribution is 6.06. The molecule has 2 aromatic carbocycles. The normalized spacial score (nSPS) is 12.7. The van der Waals surface area contributed by atoms with Crippen LogP contribution in [0.25, 0.3) is 28.1 Å². The topological polar surface area (TPSA) is 132 Å². The Bertz CT molecular complexity index is 1530. The summed E-state index contributed by atoms with van der Waals surface area (Å²) in [7, 11) is 3.09. The van der Waals surface area contributed by atoms with Gasteiger partial charge in [0.1, 0.15) is 18.1 Å². The Balaban J connectivity index is 1.77. The molecule has 4 rings (SSSR count). The van der Waals surface area contributed by atoms with Gasteiger partial charge in [-0.25, -0.2) is 9.98 Å². The number of benzene rings is 2. The van der Waals surface area contributed by atoms with Crippen LogP contribution in [-0.2, 0) is 16.1 Å². The second-order valence-electron chi connectivity index (χ2n) is 9.44. The summed E-state index contributed by atoms with van der Waals surface area (Å²) in [6, 6.07) is 9.09. The smallest absolute Gasteiger partial charge is 0.261 e. The molecular weight excluding hydrogens is 496 g/mol. The van der Waals surface area contributed by atoms with Crippen LogP contribution in [0.4, 0.5) is 5.69 Å². The van der Waals surface area contributed by atoms with Crippen LogP contribution in [-0.4, -0.2) is 59.3 Å². The van der Waals surface area contributed by atoms with E-state index in [4.69, 9.17) is 10.5 Å². The maximum absolute atomic E-state index is 13.4. The molecule has 1 aliphatic rings. The van der Waals surface area contributed by atoms with E-state index in [1.165, 1.54) is 17.9 Å². The first-order valence-corrected chi connectivity index (χ1v) is 13.0. The number of hydrogen-bond acceptors (Lipinski definition) is 7. The van der Waals surface area contributed by atoms with Crippen LogP contribution in [0.3, 0.4) is 0 Å². The van der Waals surface area contributed by atoms with E-state index >= 15 is 0 Å². The maximum Gasteiger partial charge on any atom is 0.261 e. The molecule has 0 aliphatic carbocycles. The van der Waals surface area contributed by atoms with Crippen molar-refractivity contribution in [3.8, 4) is 16.9 Å². The summed E-state index contributed by atoms with van der Waals surface area (Å²) in [5.74, 6) is 0.572. The van der Waals surface area contributed by atoms with Gasteiger partial charge in [-0.15, -0.1) is 0 Å². The van der Waals surface area contributed by atoms with Crippen LogP contribution >= 0.6 is 0 Å². The van der Waals surface area contributed by atoms with Gasteiger partial charge in [0.2, 0.25) is 11.8 Å². The maximum atomic E-state index is 13.4. The lowest BCUT2D eigenvalue weighted by Gasteiger charge is -2.22. The van der Waals surface area contributed by atoms with E-state index in [-0.39, 0.29) is 30.3 Å². The molecule has 2 heterocycles. The van der Waals surface area contributed by atoms with Crippen molar-refractivity contribution in [3.63, 3.8) is 0 Å². The van der Waals surface area contributed by atoms with E-state index in [2.05, 4.69) is 29.1 Å². The van der Waals surface area contributed by atoms with Gasteiger partial charge in [0.25, 0.3) is 5.56 Å². The first-order valence-electron chi connectivity index (χ1n) is 13.0. The molecule has 0 saturated heterocycles. The summed E-state index contributed by atoms with van der Waals surface area (Å²) in [6.07, 6.45) is 5.19. The minimum Gasteiger partial charge on any atom is -0.496 e. The molecule has 10 nitrogen and oxygen atoms in total. The van der Waals surface area contributed by atoms with E-state index in [0.29, 0.717) is 52.4 Å². The van der Waals surface area contributed by atoms with E-state index in [1.807, 2.05) is 35.2 Å². The molecule has 0 atom stereocenters. The number of rotatable bonds is 9. The zero-order chi connectivity index (χ0) is 28.1. The van der Waals surface area contributed by atoms with Crippen molar-refractivity contribution in [2.75, 3.05) is 27.2 Å². The van der Waals surface area contributed by atoms with E-state index < -0.39 is 0 Å². The number of aromatic nitrogens is 2. The Labute approximate surface area is 227 Å². The number of amidine groups is 1. The summed E-state index contributed by atoms with van der Waals surface area (Å²) < 4.78 is 7.01. The number of hydrogen-bond donors (Lipinski definition) is 2. The quantitative estimate of drug-likeness (QED) is 0.437. The van der Waals surface area contributed by atoms with Crippen LogP contribution in [0.2, 0.25) is 0 Å². The van der Waals surface area contributed by atoms with Crippen molar-refractivity contribution in [1.82, 2.24) is 19.8 Å². The number of aliphatic imine (C=N–C) groups is 1. The summed E-state index contributed by atoms with van der Waals surface area (Å²) in [4.78, 5) is 48.9. The summed E-state index contributed by atoms with van der Waals surface area (Å²) in [5, 5.41) is 2.91. The summed E-state index contributed by atoms with van der Waals surface area (Å²) in [6.45, 7) is 5.35. The van der Waals surface area contributed by atoms with Crippen molar-refractivity contribution in [3.05, 3.63) is 58.1 Å². The largest absolute Gasteiger partial charge is 0.496 e. The van der Waals surface area contributed by atoms with Crippen LogP contribution in [0.15, 0.2) is 52.0 Å². The van der Waals surface area contributed by atoms with Crippen molar-refractivity contribution >= 4 is 40.3 Å². The number of ether oxygens (including phenoxy) is 1. The molecule has 39 heavy (non-hydrogen) atoms. The molecule has 1 aliphatic heterocycles. The lowest BCUT2D eigenvalue weighted by atomic mass is 9.99. The SMILES string of the molecule is CCCN(CCC)C(=O)C1=Cc2c(cc(-c3ccc4c(=O)n(CC(=O)NC)cnc4c3)cc2OC)N=C(N)C1. The Morgan fingerprint density at radius 2 is 1.87 bits per heavy atom. The third-order valence-electron chi connectivity index (χ3n) is 6.59. The molecule has 2 amide bonds. The molecule has 3 aromatic rings. The van der Waals surface area contributed by atoms with Gasteiger partial charge in [0.15, 0.2) is 0 Å². The monoisotopic (exact) mass is 530 g/mol. The molecule has 204 valence electrons. The van der Waals surface area contributed by atoms with Crippen molar-refractivity contribution in [2.45, 2.75) is 39.7 Å². The number of fused-ring (bicyclic) bond motifs is 2. The molecule has 1 aromatic heterocycles. The van der Waals surface area contributed by atoms with Gasteiger partial charge in [-0.3, -0.25) is 19.0 Å². The fourth-order valence-corrected chi connectivity index (χ4v) is 4.68. The van der Waals surface area contributed by atoms with Crippen molar-refractivity contribution < 1.29 is 14.3 Å². The number of nitrogens with two attached hydrogens (primary N) is 1. The standard InChI is InChI=1S/C29H34N6O4/c1-5-9-34(10-6-2)28(37)20-11-22-24(33-26(30)15-20)13-19(14-25(22)39-4)18-7-8-21-23(12-18)32-17-35(29(21)38)16-27(36)31-3/h7-8,11-14,17H,5-6,9-10,15-16H2,1-4H3,(H2,30,33)(H,31,36). The fourth-order valence-electron chi connectivity index (χ4n) is 4.68. The number of methoxy groups -OCH3 is 1. The average Bonchev–Trinajstić information content (AvgIpc) is 3.11. The number of nitrogens with one attached hydrogen (secondary N) is 1. The Morgan fingerprint density at radius 3 is 2.54 bits per heavy atom. The molecule has 0 spiro atoms. The third-order valence-corrected chi connectivity index (χ3v) is 6.59. The minimum absolute atomic E-state index is 0.0430. The van der Waals surface area contributed by atoms with Crippen LogP contribution in [0.1, 0.15) is 38.7 Å². The second-order valence-corrected chi connectivity index (χ2v) is 9.44. The number of nitrogens with zero attached hydrogens (tertiary/aromatic N) is 4. The Morgan fingerprint density at radius 1 is 1.13 bits per heavy atom. The molecule has 0 unspecified atom stereocenters. The van der Waals surface area contributed by atoms with Gasteiger partial charge < -0.3 is 20.7 Å². The lowest BCUT2D eigenvalue weighted by Crippen LogP contribution is -2.34. The zero-order valence-corrected chi connectivity index (χ0v) is 22.8. The number of amides is 2. The van der Waals surface area contributed by atoms with Gasteiger partial charge in [-0.1, -0.05) is 19.9 Å². The minimum atomic E-state index is -0.297. The van der Waals surface area contributed by atoms with Crippen LogP contribution < -0.4 is 21.3 Å². The fraction of sp³-hybridized carbons (Fsp3) is 0.345. The lowest BCUT2D eigenvalue weighted by molar-refractivity contribution is -0.127.